The molecule has 0 saturated carbocycles. The molecule has 0 N–H and O–H groups in total. The van der Waals surface area contributed by atoms with Crippen LogP contribution in [0.15, 0.2) is 52.8 Å². The lowest BCUT2D eigenvalue weighted by atomic mass is 10.0. The summed E-state index contributed by atoms with van der Waals surface area (Å²) in [5.74, 6) is 0. The first-order valence-electron chi connectivity index (χ1n) is 10.5. The standard InChI is InChI=1S/C23H30N3O2PS/c1-4-17-5-6-20-19(15-17)22(26-13-11-25(3)12-14-26)21(16-24-20)30(27,28)23(2)9-7-18(29)8-10-23/h5-9,15-16H,4,10-14,29H2,1-3H3. The predicted octanol–water partition coefficient (Wildman–Crippen LogP) is 3.80. The summed E-state index contributed by atoms with van der Waals surface area (Å²) >= 11 is 0. The van der Waals surface area contributed by atoms with Crippen LogP contribution in [0.4, 0.5) is 5.69 Å². The highest BCUT2D eigenvalue weighted by atomic mass is 32.2. The smallest absolute Gasteiger partial charge is 0.191 e. The Labute approximate surface area is 182 Å². The number of hydrogen-bond acceptors (Lipinski definition) is 5. The molecule has 5 nitrogen and oxygen atoms in total. The molecule has 2 heterocycles. The van der Waals surface area contributed by atoms with Gasteiger partial charge in [0.1, 0.15) is 4.90 Å². The lowest BCUT2D eigenvalue weighted by molar-refractivity contribution is 0.312. The number of aryl methyl sites for hydroxylation is 1. The topological polar surface area (TPSA) is 53.5 Å². The molecule has 160 valence electrons. The second kappa shape index (κ2) is 8.07. The highest BCUT2D eigenvalue weighted by molar-refractivity contribution is 7.93. The van der Waals surface area contributed by atoms with Crippen LogP contribution in [-0.2, 0) is 16.3 Å². The average molecular weight is 444 g/mol. The molecule has 1 saturated heterocycles. The van der Waals surface area contributed by atoms with Gasteiger partial charge >= 0.3 is 0 Å². The number of pyridine rings is 1. The molecule has 1 aromatic carbocycles. The van der Waals surface area contributed by atoms with Gasteiger partial charge < -0.3 is 9.80 Å². The molecule has 1 aromatic heterocycles. The molecule has 0 amide bonds. The SMILES string of the molecule is CCc1ccc2ncc(S(=O)(=O)C3(C)C=CC(P)=CC3)c(N3CCN(C)CC3)c2c1. The Morgan fingerprint density at radius 2 is 1.93 bits per heavy atom. The molecule has 2 aromatic rings. The van der Waals surface area contributed by atoms with E-state index in [4.69, 9.17) is 0 Å². The van der Waals surface area contributed by atoms with E-state index in [-0.39, 0.29) is 0 Å². The summed E-state index contributed by atoms with van der Waals surface area (Å²) in [5, 5.41) is 1.96. The van der Waals surface area contributed by atoms with Gasteiger partial charge in [-0.1, -0.05) is 31.2 Å². The minimum absolute atomic E-state index is 0.348. The van der Waals surface area contributed by atoms with Crippen molar-refractivity contribution in [3.8, 4) is 0 Å². The summed E-state index contributed by atoms with van der Waals surface area (Å²) in [4.78, 5) is 9.44. The third-order valence-corrected chi connectivity index (χ3v) is 9.21. The normalized spacial score (nSPS) is 23.1. The number of hydrogen-bond donors (Lipinski definition) is 0. The van der Waals surface area contributed by atoms with Gasteiger partial charge in [-0.25, -0.2) is 8.42 Å². The van der Waals surface area contributed by atoms with Crippen molar-refractivity contribution in [1.82, 2.24) is 9.88 Å². The maximum Gasteiger partial charge on any atom is 0.191 e. The maximum atomic E-state index is 14.0. The van der Waals surface area contributed by atoms with E-state index in [0.29, 0.717) is 11.3 Å². The highest BCUT2D eigenvalue weighted by Gasteiger charge is 2.41. The van der Waals surface area contributed by atoms with E-state index in [0.717, 1.165) is 54.5 Å². The van der Waals surface area contributed by atoms with Crippen molar-refractivity contribution >= 4 is 35.7 Å². The van der Waals surface area contributed by atoms with E-state index in [2.05, 4.69) is 50.1 Å². The van der Waals surface area contributed by atoms with Gasteiger partial charge in [0.2, 0.25) is 0 Å². The lowest BCUT2D eigenvalue weighted by Gasteiger charge is -2.37. The number of nitrogens with zero attached hydrogens (tertiary/aromatic N) is 3. The van der Waals surface area contributed by atoms with E-state index < -0.39 is 14.6 Å². The Morgan fingerprint density at radius 3 is 2.57 bits per heavy atom. The third-order valence-electron chi connectivity index (χ3n) is 6.37. The fourth-order valence-corrected chi connectivity index (χ4v) is 6.11. The van der Waals surface area contributed by atoms with Gasteiger partial charge in [-0.2, -0.15) is 0 Å². The zero-order valence-corrected chi connectivity index (χ0v) is 19.9. The molecule has 7 heteroatoms. The number of fused-ring (bicyclic) bond motifs is 1. The van der Waals surface area contributed by atoms with Crippen LogP contribution in [0.2, 0.25) is 0 Å². The second-order valence-corrected chi connectivity index (χ2v) is 11.6. The van der Waals surface area contributed by atoms with Gasteiger partial charge in [-0.15, -0.1) is 9.24 Å². The van der Waals surface area contributed by atoms with E-state index in [1.165, 1.54) is 5.56 Å². The molecular weight excluding hydrogens is 413 g/mol. The molecule has 4 rings (SSSR count). The Bertz CT molecular complexity index is 1130. The summed E-state index contributed by atoms with van der Waals surface area (Å²) in [6.45, 7) is 7.35. The molecule has 1 fully saturated rings. The van der Waals surface area contributed by atoms with Crippen molar-refractivity contribution < 1.29 is 8.42 Å². The van der Waals surface area contributed by atoms with Crippen LogP contribution in [0.1, 0.15) is 25.8 Å². The predicted molar refractivity (Wildman–Crippen MR) is 128 cm³/mol. The minimum atomic E-state index is -3.65. The van der Waals surface area contributed by atoms with Crippen LogP contribution >= 0.6 is 9.24 Å². The molecule has 2 aliphatic rings. The quantitative estimate of drug-likeness (QED) is 0.673. The number of rotatable bonds is 4. The Hall–Kier alpha value is -1.75. The van der Waals surface area contributed by atoms with Gasteiger partial charge in [0, 0.05) is 37.8 Å². The third kappa shape index (κ3) is 3.70. The largest absolute Gasteiger partial charge is 0.367 e. The maximum absolute atomic E-state index is 14.0. The second-order valence-electron chi connectivity index (χ2n) is 8.52. The molecule has 1 aliphatic heterocycles. The summed E-state index contributed by atoms with van der Waals surface area (Å²) in [7, 11) is 1.10. The summed E-state index contributed by atoms with van der Waals surface area (Å²) < 4.78 is 27.0. The number of sulfone groups is 1. The number of allylic oxidation sites excluding steroid dienone is 3. The van der Waals surface area contributed by atoms with Crippen molar-refractivity contribution in [1.29, 1.82) is 0 Å². The van der Waals surface area contributed by atoms with E-state index in [1.54, 1.807) is 6.20 Å². The van der Waals surface area contributed by atoms with Gasteiger partial charge in [-0.3, -0.25) is 4.98 Å². The van der Waals surface area contributed by atoms with E-state index in [9.17, 15) is 8.42 Å². The monoisotopic (exact) mass is 443 g/mol. The minimum Gasteiger partial charge on any atom is -0.367 e. The number of likely N-dealkylation sites (N-methyl/N-ethyl adjacent to an activating group) is 1. The van der Waals surface area contributed by atoms with Crippen LogP contribution in [0.5, 0.6) is 0 Å². The molecule has 1 aliphatic carbocycles. The zero-order chi connectivity index (χ0) is 21.5. The molecule has 2 atom stereocenters. The van der Waals surface area contributed by atoms with Gasteiger partial charge in [0.25, 0.3) is 0 Å². The van der Waals surface area contributed by atoms with E-state index in [1.807, 2.05) is 31.2 Å². The first kappa shape index (κ1) is 21.5. The molecule has 0 radical (unpaired) electrons. The van der Waals surface area contributed by atoms with Crippen LogP contribution in [0, 0.1) is 0 Å². The first-order chi connectivity index (χ1) is 14.2. The number of aromatic nitrogens is 1. The van der Waals surface area contributed by atoms with Crippen molar-refractivity contribution in [3.63, 3.8) is 0 Å². The molecule has 0 spiro atoms. The highest BCUT2D eigenvalue weighted by Crippen LogP contribution is 2.41. The van der Waals surface area contributed by atoms with Crippen molar-refractivity contribution in [2.45, 2.75) is 36.3 Å². The average Bonchev–Trinajstić information content (AvgIpc) is 2.75. The summed E-state index contributed by atoms with van der Waals surface area (Å²) in [6, 6.07) is 6.21. The van der Waals surface area contributed by atoms with E-state index >= 15 is 0 Å². The van der Waals surface area contributed by atoms with Crippen LogP contribution in [-0.4, -0.2) is 56.3 Å². The summed E-state index contributed by atoms with van der Waals surface area (Å²) in [6.07, 6.45) is 8.62. The van der Waals surface area contributed by atoms with Crippen LogP contribution < -0.4 is 4.90 Å². The number of piperazine rings is 1. The van der Waals surface area contributed by atoms with Crippen molar-refractivity contribution in [3.05, 3.63) is 53.5 Å². The van der Waals surface area contributed by atoms with Crippen LogP contribution in [0.3, 0.4) is 0 Å². The Morgan fingerprint density at radius 1 is 1.20 bits per heavy atom. The fourth-order valence-electron chi connectivity index (χ4n) is 4.16. The lowest BCUT2D eigenvalue weighted by Crippen LogP contribution is -2.45. The fraction of sp³-hybridized carbons (Fsp3) is 0.435. The number of anilines is 1. The Balaban J connectivity index is 1.93. The molecule has 30 heavy (non-hydrogen) atoms. The van der Waals surface area contributed by atoms with Gasteiger partial charge in [0.15, 0.2) is 9.84 Å². The van der Waals surface area contributed by atoms with Crippen molar-refractivity contribution in [2.75, 3.05) is 38.1 Å². The molecule has 2 unspecified atom stereocenters. The van der Waals surface area contributed by atoms with Crippen LogP contribution in [0.25, 0.3) is 10.9 Å². The zero-order valence-electron chi connectivity index (χ0n) is 17.9. The number of benzene rings is 1. The molecular formula is C23H30N3O2PS. The molecule has 0 bridgehead atoms. The first-order valence-corrected chi connectivity index (χ1v) is 12.6. The summed E-state index contributed by atoms with van der Waals surface area (Å²) in [5.41, 5.74) is 2.85. The van der Waals surface area contributed by atoms with Gasteiger partial charge in [0.05, 0.1) is 16.0 Å². The van der Waals surface area contributed by atoms with Gasteiger partial charge in [-0.05, 0) is 49.8 Å². The van der Waals surface area contributed by atoms with Crippen molar-refractivity contribution in [2.24, 2.45) is 0 Å². The Kier molecular flexibility index (Phi) is 5.78.